The van der Waals surface area contributed by atoms with Crippen molar-refractivity contribution >= 4 is 0 Å². The van der Waals surface area contributed by atoms with Gasteiger partial charge in [0.1, 0.15) is 0 Å². The molecule has 7 atom stereocenters. The van der Waals surface area contributed by atoms with E-state index in [1.54, 1.807) is 0 Å². The lowest BCUT2D eigenvalue weighted by molar-refractivity contribution is -0.198. The van der Waals surface area contributed by atoms with Crippen molar-refractivity contribution in [3.63, 3.8) is 0 Å². The lowest BCUT2D eigenvalue weighted by Crippen LogP contribution is -2.60. The summed E-state index contributed by atoms with van der Waals surface area (Å²) in [6, 6.07) is 0. The normalized spacial score (nSPS) is 60.0. The topological polar surface area (TPSA) is 40.5 Å². The first-order valence-electron chi connectivity index (χ1n) is 9.29. The first kappa shape index (κ1) is 14.5. The SMILES string of the molecule is C[C@]12CC[C@@H]3[C@@H](CCC4CCCC[C@@]43C)[C@]1(O)CC(O)C2. The largest absolute Gasteiger partial charge is 0.393 e. The molecular formula is C19H32O2. The van der Waals surface area contributed by atoms with Crippen LogP contribution in [0.1, 0.15) is 78.1 Å². The van der Waals surface area contributed by atoms with Gasteiger partial charge in [-0.2, -0.15) is 0 Å². The number of fused-ring (bicyclic) bond motifs is 5. The van der Waals surface area contributed by atoms with E-state index in [2.05, 4.69) is 13.8 Å². The van der Waals surface area contributed by atoms with Gasteiger partial charge in [-0.05, 0) is 73.5 Å². The molecule has 2 unspecified atom stereocenters. The van der Waals surface area contributed by atoms with E-state index in [-0.39, 0.29) is 11.5 Å². The number of rotatable bonds is 0. The maximum absolute atomic E-state index is 11.6. The first-order chi connectivity index (χ1) is 9.89. The van der Waals surface area contributed by atoms with Crippen molar-refractivity contribution in [2.24, 2.45) is 28.6 Å². The molecule has 4 fully saturated rings. The molecule has 0 aliphatic heterocycles. The smallest absolute Gasteiger partial charge is 0.0757 e. The number of hydrogen-bond acceptors (Lipinski definition) is 2. The Balaban J connectivity index is 1.70. The summed E-state index contributed by atoms with van der Waals surface area (Å²) >= 11 is 0. The number of hydrogen-bond donors (Lipinski definition) is 2. The Morgan fingerprint density at radius 3 is 2.48 bits per heavy atom. The van der Waals surface area contributed by atoms with Crippen molar-refractivity contribution in [1.29, 1.82) is 0 Å². The van der Waals surface area contributed by atoms with Gasteiger partial charge in [-0.1, -0.05) is 26.7 Å². The fourth-order valence-corrected chi connectivity index (χ4v) is 7.30. The zero-order chi connectivity index (χ0) is 14.9. The van der Waals surface area contributed by atoms with E-state index < -0.39 is 5.60 Å². The summed E-state index contributed by atoms with van der Waals surface area (Å²) in [5.74, 6) is 2.03. The maximum Gasteiger partial charge on any atom is 0.0757 e. The second-order valence-electron chi connectivity index (χ2n) is 9.32. The quantitative estimate of drug-likeness (QED) is 0.711. The van der Waals surface area contributed by atoms with E-state index in [4.69, 9.17) is 0 Å². The lowest BCUT2D eigenvalue weighted by atomic mass is 9.44. The van der Waals surface area contributed by atoms with Crippen LogP contribution in [-0.4, -0.2) is 21.9 Å². The fraction of sp³-hybridized carbons (Fsp3) is 1.00. The zero-order valence-electron chi connectivity index (χ0n) is 13.8. The Hall–Kier alpha value is -0.0800. The highest BCUT2D eigenvalue weighted by atomic mass is 16.3. The van der Waals surface area contributed by atoms with Crippen LogP contribution in [0.5, 0.6) is 0 Å². The molecule has 4 rings (SSSR count). The Morgan fingerprint density at radius 1 is 0.857 bits per heavy atom. The molecular weight excluding hydrogens is 260 g/mol. The molecule has 4 saturated carbocycles. The number of aliphatic hydroxyl groups is 2. The minimum Gasteiger partial charge on any atom is -0.393 e. The van der Waals surface area contributed by atoms with Crippen molar-refractivity contribution in [2.45, 2.75) is 89.8 Å². The summed E-state index contributed by atoms with van der Waals surface area (Å²) in [5, 5.41) is 21.8. The molecule has 0 aromatic carbocycles. The molecule has 2 heteroatoms. The molecule has 0 aromatic heterocycles. The van der Waals surface area contributed by atoms with Gasteiger partial charge in [0.15, 0.2) is 0 Å². The van der Waals surface area contributed by atoms with Gasteiger partial charge >= 0.3 is 0 Å². The van der Waals surface area contributed by atoms with Crippen molar-refractivity contribution in [1.82, 2.24) is 0 Å². The monoisotopic (exact) mass is 292 g/mol. The van der Waals surface area contributed by atoms with E-state index in [1.165, 1.54) is 44.9 Å². The Kier molecular flexibility index (Phi) is 3.09. The van der Waals surface area contributed by atoms with E-state index in [9.17, 15) is 10.2 Å². The average molecular weight is 292 g/mol. The van der Waals surface area contributed by atoms with E-state index in [0.29, 0.717) is 23.7 Å². The predicted octanol–water partition coefficient (Wildman–Crippen LogP) is 3.90. The van der Waals surface area contributed by atoms with Crippen LogP contribution in [0.3, 0.4) is 0 Å². The van der Waals surface area contributed by atoms with Crippen LogP contribution in [0.15, 0.2) is 0 Å². The van der Waals surface area contributed by atoms with Crippen LogP contribution in [0.2, 0.25) is 0 Å². The Morgan fingerprint density at radius 2 is 1.67 bits per heavy atom. The minimum absolute atomic E-state index is 0.0363. The third-order valence-corrected chi connectivity index (χ3v) is 8.51. The molecule has 0 spiro atoms. The highest BCUT2D eigenvalue weighted by Crippen LogP contribution is 2.67. The van der Waals surface area contributed by atoms with E-state index >= 15 is 0 Å². The molecule has 0 heterocycles. The summed E-state index contributed by atoms with van der Waals surface area (Å²) in [6.45, 7) is 4.78. The van der Waals surface area contributed by atoms with Crippen LogP contribution < -0.4 is 0 Å². The van der Waals surface area contributed by atoms with Gasteiger partial charge in [0.25, 0.3) is 0 Å². The summed E-state index contributed by atoms with van der Waals surface area (Å²) in [5.41, 5.74) is -0.169. The number of aliphatic hydroxyl groups excluding tert-OH is 1. The molecule has 2 N–H and O–H groups in total. The summed E-state index contributed by atoms with van der Waals surface area (Å²) in [6.07, 6.45) is 11.6. The first-order valence-corrected chi connectivity index (χ1v) is 9.29. The molecule has 4 aliphatic carbocycles. The van der Waals surface area contributed by atoms with Crippen LogP contribution in [0, 0.1) is 28.6 Å². The van der Waals surface area contributed by atoms with Crippen molar-refractivity contribution in [3.8, 4) is 0 Å². The summed E-state index contributed by atoms with van der Waals surface area (Å²) in [7, 11) is 0. The second kappa shape index (κ2) is 4.47. The molecule has 2 nitrogen and oxygen atoms in total. The van der Waals surface area contributed by atoms with Crippen molar-refractivity contribution in [3.05, 3.63) is 0 Å². The second-order valence-corrected chi connectivity index (χ2v) is 9.32. The van der Waals surface area contributed by atoms with Gasteiger partial charge in [0, 0.05) is 6.42 Å². The van der Waals surface area contributed by atoms with Gasteiger partial charge in [-0.25, -0.2) is 0 Å². The third-order valence-electron chi connectivity index (χ3n) is 8.51. The van der Waals surface area contributed by atoms with Crippen LogP contribution >= 0.6 is 0 Å². The minimum atomic E-state index is -0.596. The van der Waals surface area contributed by atoms with E-state index in [0.717, 1.165) is 18.8 Å². The van der Waals surface area contributed by atoms with Crippen molar-refractivity contribution < 1.29 is 10.2 Å². The zero-order valence-corrected chi connectivity index (χ0v) is 13.8. The molecule has 4 aliphatic rings. The molecule has 0 saturated heterocycles. The highest BCUT2D eigenvalue weighted by Gasteiger charge is 2.65. The van der Waals surface area contributed by atoms with Gasteiger partial charge in [-0.3, -0.25) is 0 Å². The van der Waals surface area contributed by atoms with Crippen LogP contribution in [0.25, 0.3) is 0 Å². The molecule has 120 valence electrons. The van der Waals surface area contributed by atoms with Crippen LogP contribution in [-0.2, 0) is 0 Å². The molecule has 21 heavy (non-hydrogen) atoms. The van der Waals surface area contributed by atoms with Gasteiger partial charge in [0.05, 0.1) is 11.7 Å². The van der Waals surface area contributed by atoms with Gasteiger partial charge in [0.2, 0.25) is 0 Å². The van der Waals surface area contributed by atoms with Crippen molar-refractivity contribution in [2.75, 3.05) is 0 Å². The van der Waals surface area contributed by atoms with E-state index in [1.807, 2.05) is 0 Å². The average Bonchev–Trinajstić information content (AvgIpc) is 2.67. The Labute approximate surface area is 129 Å². The predicted molar refractivity (Wildman–Crippen MR) is 83.8 cm³/mol. The standard InChI is InChI=1S/C19H32O2/c1-17-10-8-15-16(19(17,21)12-14(20)11-17)7-6-13-5-3-4-9-18(13,15)2/h13-16,20-21H,3-12H2,1-2H3/t13?,14?,15-,16-,17-,18+,19-/m1/s1. The molecule has 0 bridgehead atoms. The van der Waals surface area contributed by atoms with Gasteiger partial charge < -0.3 is 10.2 Å². The molecule has 0 aromatic rings. The Bertz CT molecular complexity index is 435. The summed E-state index contributed by atoms with van der Waals surface area (Å²) in [4.78, 5) is 0. The lowest BCUT2D eigenvalue weighted by Gasteiger charge is -2.62. The highest BCUT2D eigenvalue weighted by molar-refractivity contribution is 5.15. The molecule has 0 amide bonds. The van der Waals surface area contributed by atoms with Crippen LogP contribution in [0.4, 0.5) is 0 Å². The van der Waals surface area contributed by atoms with Gasteiger partial charge in [-0.15, -0.1) is 0 Å². The third kappa shape index (κ3) is 1.78. The maximum atomic E-state index is 11.6. The molecule has 0 radical (unpaired) electrons. The summed E-state index contributed by atoms with van der Waals surface area (Å²) < 4.78 is 0. The fourth-order valence-electron chi connectivity index (χ4n) is 7.30.